The minimum Gasteiger partial charge on any atom is -0.391 e. The number of likely N-dealkylation sites (tertiary alicyclic amines) is 1. The number of aliphatic hydroxyl groups excluding tert-OH is 1. The number of hydrogen-bond donors (Lipinski definition) is 4. The summed E-state index contributed by atoms with van der Waals surface area (Å²) in [7, 11) is 0. The molecule has 1 aromatic heterocycles. The number of β-amino-alcohol motifs (C(OH)–C–C–N with tert-alkyl or cyclic N) is 1. The lowest BCUT2D eigenvalue weighted by Crippen LogP contribution is -2.60. The molecule has 1 aliphatic carbocycles. The highest BCUT2D eigenvalue weighted by Gasteiger charge is 2.53. The number of nitrogens with zero attached hydrogens (tertiary/aromatic N) is 2. The zero-order chi connectivity index (χ0) is 27.1. The number of amides is 3. The predicted molar refractivity (Wildman–Crippen MR) is 138 cm³/mol. The Morgan fingerprint density at radius 2 is 2.05 bits per heavy atom. The molecule has 4 rings (SSSR count). The van der Waals surface area contributed by atoms with E-state index in [2.05, 4.69) is 28.2 Å². The third-order valence-electron chi connectivity index (χ3n) is 6.68. The van der Waals surface area contributed by atoms with E-state index in [4.69, 9.17) is 0 Å². The fourth-order valence-electron chi connectivity index (χ4n) is 4.33. The average molecular weight is 553 g/mol. The van der Waals surface area contributed by atoms with Crippen molar-refractivity contribution in [3.8, 4) is 10.4 Å². The van der Waals surface area contributed by atoms with E-state index in [0.717, 1.165) is 10.6 Å². The minimum absolute atomic E-state index is 0.00373. The van der Waals surface area contributed by atoms with Gasteiger partial charge in [-0.3, -0.25) is 14.4 Å². The first-order valence-electron chi connectivity index (χ1n) is 12.0. The van der Waals surface area contributed by atoms with Gasteiger partial charge in [-0.2, -0.15) is 12.6 Å². The van der Waals surface area contributed by atoms with E-state index in [1.54, 1.807) is 38.4 Å². The van der Waals surface area contributed by atoms with Gasteiger partial charge in [-0.1, -0.05) is 12.1 Å². The predicted octanol–water partition coefficient (Wildman–Crippen LogP) is 2.53. The van der Waals surface area contributed by atoms with Crippen LogP contribution in [-0.4, -0.2) is 67.9 Å². The van der Waals surface area contributed by atoms with Gasteiger partial charge in [0.25, 0.3) is 5.91 Å². The standard InChI is InChI=1S/C25H30F2N4O4S2/c1-13-19(37-12-29-13)16-5-4-14(8-17(16)26)10-28-21(33)18-9-15(32)11-31(18)22(34)20(24(2,3)36)30-23(35)25(27)6-7-25/h4-5,8,12,15,18,20,32,36H,6-7,9-11H2,1-3H3,(H,28,33)(H,30,35)/t15-,18+,20-/m1/s1. The smallest absolute Gasteiger partial charge is 0.258 e. The van der Waals surface area contributed by atoms with Crippen molar-refractivity contribution in [2.75, 3.05) is 6.54 Å². The Morgan fingerprint density at radius 3 is 2.62 bits per heavy atom. The van der Waals surface area contributed by atoms with Crippen LogP contribution in [0.1, 0.15) is 44.4 Å². The van der Waals surface area contributed by atoms with E-state index in [1.165, 1.54) is 22.3 Å². The highest BCUT2D eigenvalue weighted by Crippen LogP contribution is 2.40. The van der Waals surface area contributed by atoms with Gasteiger partial charge < -0.3 is 20.6 Å². The van der Waals surface area contributed by atoms with Gasteiger partial charge in [-0.05, 0) is 45.2 Å². The summed E-state index contributed by atoms with van der Waals surface area (Å²) in [5, 5.41) is 15.4. The highest BCUT2D eigenvalue weighted by atomic mass is 32.1. The number of aryl methyl sites for hydroxylation is 1. The molecule has 3 N–H and O–H groups in total. The van der Waals surface area contributed by atoms with Crippen LogP contribution in [0.2, 0.25) is 0 Å². The maximum absolute atomic E-state index is 14.7. The molecule has 1 saturated heterocycles. The lowest BCUT2D eigenvalue weighted by Gasteiger charge is -2.35. The van der Waals surface area contributed by atoms with Crippen LogP contribution in [0.4, 0.5) is 8.78 Å². The monoisotopic (exact) mass is 552 g/mol. The first kappa shape index (κ1) is 27.5. The average Bonchev–Trinajstić information content (AvgIpc) is 3.24. The number of carbonyl (C=O) groups excluding carboxylic acids is 3. The van der Waals surface area contributed by atoms with Crippen LogP contribution >= 0.6 is 24.0 Å². The fourth-order valence-corrected chi connectivity index (χ4v) is 5.34. The van der Waals surface area contributed by atoms with Gasteiger partial charge in [-0.15, -0.1) is 11.3 Å². The number of benzene rings is 1. The minimum atomic E-state index is -1.98. The van der Waals surface area contributed by atoms with Crippen LogP contribution in [0.25, 0.3) is 10.4 Å². The zero-order valence-corrected chi connectivity index (χ0v) is 22.5. The molecular formula is C25H30F2N4O4S2. The van der Waals surface area contributed by atoms with E-state index < -0.39 is 52.1 Å². The normalized spacial score (nSPS) is 21.4. The van der Waals surface area contributed by atoms with Crippen LogP contribution < -0.4 is 10.6 Å². The molecule has 37 heavy (non-hydrogen) atoms. The molecule has 0 spiro atoms. The number of aliphatic hydroxyl groups is 1. The van der Waals surface area contributed by atoms with Crippen molar-refractivity contribution in [2.24, 2.45) is 0 Å². The van der Waals surface area contributed by atoms with E-state index in [1.807, 2.05) is 0 Å². The lowest BCUT2D eigenvalue weighted by molar-refractivity contribution is -0.143. The highest BCUT2D eigenvalue weighted by molar-refractivity contribution is 7.81. The number of hydrogen-bond acceptors (Lipinski definition) is 7. The third kappa shape index (κ3) is 5.96. The van der Waals surface area contributed by atoms with Crippen LogP contribution in [-0.2, 0) is 20.9 Å². The summed E-state index contributed by atoms with van der Waals surface area (Å²) in [6.45, 7) is 4.89. The molecule has 8 nitrogen and oxygen atoms in total. The van der Waals surface area contributed by atoms with E-state index in [-0.39, 0.29) is 32.4 Å². The number of aromatic nitrogens is 1. The molecule has 1 saturated carbocycles. The van der Waals surface area contributed by atoms with Gasteiger partial charge in [-0.25, -0.2) is 13.8 Å². The van der Waals surface area contributed by atoms with Gasteiger partial charge in [0.05, 0.1) is 22.2 Å². The van der Waals surface area contributed by atoms with Crippen molar-refractivity contribution < 1.29 is 28.3 Å². The summed E-state index contributed by atoms with van der Waals surface area (Å²) < 4.78 is 27.9. The number of carbonyl (C=O) groups is 3. The molecule has 0 bridgehead atoms. The summed E-state index contributed by atoms with van der Waals surface area (Å²) in [5.41, 5.74) is 1.34. The second kappa shape index (κ2) is 10.3. The Kier molecular flexibility index (Phi) is 7.64. The van der Waals surface area contributed by atoms with Crippen molar-refractivity contribution in [3.05, 3.63) is 40.8 Å². The van der Waals surface area contributed by atoms with Crippen molar-refractivity contribution >= 4 is 41.7 Å². The first-order valence-corrected chi connectivity index (χ1v) is 13.3. The zero-order valence-electron chi connectivity index (χ0n) is 20.8. The van der Waals surface area contributed by atoms with Gasteiger partial charge in [0, 0.05) is 29.8 Å². The molecule has 2 aliphatic rings. The molecule has 3 atom stereocenters. The van der Waals surface area contributed by atoms with Crippen LogP contribution in [0.5, 0.6) is 0 Å². The Labute approximate surface area is 223 Å². The molecule has 1 aromatic carbocycles. The summed E-state index contributed by atoms with van der Waals surface area (Å²) >= 11 is 5.76. The van der Waals surface area contributed by atoms with Crippen molar-refractivity contribution in [2.45, 2.75) is 75.2 Å². The maximum atomic E-state index is 14.7. The molecule has 3 amide bonds. The lowest BCUT2D eigenvalue weighted by atomic mass is 10.0. The van der Waals surface area contributed by atoms with Crippen molar-refractivity contribution in [1.29, 1.82) is 0 Å². The van der Waals surface area contributed by atoms with Crippen LogP contribution in [0.3, 0.4) is 0 Å². The number of alkyl halides is 1. The number of halogens is 2. The molecule has 2 aromatic rings. The molecule has 12 heteroatoms. The second-order valence-corrected chi connectivity index (χ2v) is 12.2. The van der Waals surface area contributed by atoms with Crippen molar-refractivity contribution in [3.63, 3.8) is 0 Å². The molecular weight excluding hydrogens is 522 g/mol. The molecule has 2 heterocycles. The fraction of sp³-hybridized carbons (Fsp3) is 0.520. The molecule has 0 unspecified atom stereocenters. The topological polar surface area (TPSA) is 112 Å². The quantitative estimate of drug-likeness (QED) is 0.376. The maximum Gasteiger partial charge on any atom is 0.258 e. The number of thiol groups is 1. The molecule has 2 fully saturated rings. The Bertz CT molecular complexity index is 1210. The Hall–Kier alpha value is -2.57. The number of rotatable bonds is 8. The third-order valence-corrected chi connectivity index (χ3v) is 7.90. The summed E-state index contributed by atoms with van der Waals surface area (Å²) in [4.78, 5) is 44.9. The van der Waals surface area contributed by atoms with Crippen LogP contribution in [0.15, 0.2) is 23.7 Å². The van der Waals surface area contributed by atoms with E-state index in [9.17, 15) is 28.3 Å². The summed E-state index contributed by atoms with van der Waals surface area (Å²) in [5.74, 6) is -2.49. The van der Waals surface area contributed by atoms with Gasteiger partial charge in [0.15, 0.2) is 5.67 Å². The molecule has 200 valence electrons. The Morgan fingerprint density at radius 1 is 1.35 bits per heavy atom. The van der Waals surface area contributed by atoms with E-state index >= 15 is 0 Å². The van der Waals surface area contributed by atoms with Gasteiger partial charge in [0.1, 0.15) is 17.9 Å². The van der Waals surface area contributed by atoms with Crippen LogP contribution in [0, 0.1) is 12.7 Å². The van der Waals surface area contributed by atoms with Gasteiger partial charge in [0.2, 0.25) is 11.8 Å². The summed E-state index contributed by atoms with van der Waals surface area (Å²) in [6, 6.07) is 2.44. The Balaban J connectivity index is 1.44. The number of nitrogens with one attached hydrogen (secondary N) is 2. The number of thiazole rings is 1. The SMILES string of the molecule is Cc1ncsc1-c1ccc(CNC(=O)[C@@H]2C[C@@H](O)CN2C(=O)[C@@H](NC(=O)C2(F)CC2)C(C)(C)S)cc1F. The molecule has 1 aliphatic heterocycles. The van der Waals surface area contributed by atoms with Crippen molar-refractivity contribution in [1.82, 2.24) is 20.5 Å². The molecule has 0 radical (unpaired) electrons. The van der Waals surface area contributed by atoms with E-state index in [0.29, 0.717) is 11.1 Å². The van der Waals surface area contributed by atoms with Gasteiger partial charge >= 0.3 is 0 Å². The second-order valence-electron chi connectivity index (χ2n) is 10.2. The first-order chi connectivity index (χ1) is 17.3. The summed E-state index contributed by atoms with van der Waals surface area (Å²) in [6.07, 6.45) is -0.776. The largest absolute Gasteiger partial charge is 0.391 e.